The van der Waals surface area contributed by atoms with Crippen molar-refractivity contribution in [2.75, 3.05) is 13.1 Å². The topological polar surface area (TPSA) is 41.1 Å². The minimum atomic E-state index is -0.483. The molecular formula is C19H31ClN2O. The van der Waals surface area contributed by atoms with Crippen molar-refractivity contribution >= 4 is 18.3 Å². The first-order valence-electron chi connectivity index (χ1n) is 8.68. The van der Waals surface area contributed by atoms with Gasteiger partial charge in [0.15, 0.2) is 0 Å². The number of amides is 1. The van der Waals surface area contributed by atoms with E-state index < -0.39 is 5.41 Å². The molecule has 0 atom stereocenters. The number of hydrogen-bond donors (Lipinski definition) is 2. The second-order valence-electron chi connectivity index (χ2n) is 6.89. The van der Waals surface area contributed by atoms with Crippen LogP contribution >= 0.6 is 12.4 Å². The molecule has 0 spiro atoms. The van der Waals surface area contributed by atoms with E-state index in [9.17, 15) is 4.79 Å². The molecule has 1 aliphatic carbocycles. The molecule has 0 saturated heterocycles. The number of rotatable bonds is 6. The summed E-state index contributed by atoms with van der Waals surface area (Å²) in [4.78, 5) is 12.4. The van der Waals surface area contributed by atoms with Crippen LogP contribution in [0, 0.1) is 0 Å². The van der Waals surface area contributed by atoms with Gasteiger partial charge in [-0.3, -0.25) is 4.79 Å². The molecule has 1 amide bonds. The van der Waals surface area contributed by atoms with Crippen LogP contribution in [-0.4, -0.2) is 25.0 Å². The Labute approximate surface area is 147 Å². The lowest BCUT2D eigenvalue weighted by atomic mass is 9.84. The molecule has 1 saturated carbocycles. The summed E-state index contributed by atoms with van der Waals surface area (Å²) in [6.07, 6.45) is 7.99. The quantitative estimate of drug-likeness (QED) is 0.611. The van der Waals surface area contributed by atoms with Crippen LogP contribution in [-0.2, 0) is 10.2 Å². The van der Waals surface area contributed by atoms with Crippen molar-refractivity contribution in [3.05, 3.63) is 35.9 Å². The smallest absolute Gasteiger partial charge is 0.230 e. The summed E-state index contributed by atoms with van der Waals surface area (Å²) >= 11 is 0. The van der Waals surface area contributed by atoms with Gasteiger partial charge in [0.25, 0.3) is 0 Å². The van der Waals surface area contributed by atoms with Gasteiger partial charge in [-0.05, 0) is 32.3 Å². The van der Waals surface area contributed by atoms with E-state index in [1.165, 1.54) is 38.5 Å². The van der Waals surface area contributed by atoms with Crippen molar-refractivity contribution in [3.8, 4) is 0 Å². The van der Waals surface area contributed by atoms with E-state index in [1.54, 1.807) is 0 Å². The molecule has 130 valence electrons. The third-order valence-electron chi connectivity index (χ3n) is 4.76. The average molecular weight is 339 g/mol. The van der Waals surface area contributed by atoms with Gasteiger partial charge in [0, 0.05) is 19.1 Å². The van der Waals surface area contributed by atoms with E-state index in [0.29, 0.717) is 12.6 Å². The van der Waals surface area contributed by atoms with E-state index >= 15 is 0 Å². The molecule has 2 rings (SSSR count). The molecule has 3 nitrogen and oxygen atoms in total. The molecule has 0 bridgehead atoms. The van der Waals surface area contributed by atoms with Crippen LogP contribution in [0.25, 0.3) is 0 Å². The molecule has 1 aromatic rings. The molecule has 2 N–H and O–H groups in total. The molecule has 1 aromatic carbocycles. The first-order chi connectivity index (χ1) is 10.6. The van der Waals surface area contributed by atoms with Crippen molar-refractivity contribution in [1.82, 2.24) is 10.6 Å². The summed E-state index contributed by atoms with van der Waals surface area (Å²) in [7, 11) is 0. The van der Waals surface area contributed by atoms with Crippen molar-refractivity contribution < 1.29 is 4.79 Å². The fourth-order valence-corrected chi connectivity index (χ4v) is 3.14. The molecule has 1 fully saturated rings. The lowest BCUT2D eigenvalue weighted by Gasteiger charge is -2.24. The van der Waals surface area contributed by atoms with Gasteiger partial charge >= 0.3 is 0 Å². The second-order valence-corrected chi connectivity index (χ2v) is 6.89. The van der Waals surface area contributed by atoms with Gasteiger partial charge in [0.05, 0.1) is 5.41 Å². The molecule has 23 heavy (non-hydrogen) atoms. The van der Waals surface area contributed by atoms with Gasteiger partial charge in [-0.1, -0.05) is 56.0 Å². The largest absolute Gasteiger partial charge is 0.354 e. The standard InChI is InChI=1S/C19H30N2O.ClH/c1-19(2,16-10-6-5-7-11-16)18(22)21-15-14-20-17-12-8-3-4-9-13-17;/h5-7,10-11,17,20H,3-4,8-9,12-15H2,1-2H3,(H,21,22);1H. The van der Waals surface area contributed by atoms with Crippen LogP contribution in [0.1, 0.15) is 57.9 Å². The number of carbonyl (C=O) groups excluding carboxylic acids is 1. The van der Waals surface area contributed by atoms with Gasteiger partial charge in [0.2, 0.25) is 5.91 Å². The highest BCUT2D eigenvalue weighted by Crippen LogP contribution is 2.22. The maximum absolute atomic E-state index is 12.4. The van der Waals surface area contributed by atoms with Gasteiger partial charge in [0.1, 0.15) is 0 Å². The molecule has 0 aromatic heterocycles. The fraction of sp³-hybridized carbons (Fsp3) is 0.632. The normalized spacial score (nSPS) is 16.3. The number of carbonyl (C=O) groups is 1. The predicted octanol–water partition coefficient (Wildman–Crippen LogP) is 3.81. The highest BCUT2D eigenvalue weighted by Gasteiger charge is 2.29. The van der Waals surface area contributed by atoms with Crippen molar-refractivity contribution in [2.45, 2.75) is 63.8 Å². The summed E-state index contributed by atoms with van der Waals surface area (Å²) in [5, 5.41) is 6.67. The zero-order valence-electron chi connectivity index (χ0n) is 14.4. The summed E-state index contributed by atoms with van der Waals surface area (Å²) in [6.45, 7) is 5.53. The molecular weight excluding hydrogens is 308 g/mol. The third-order valence-corrected chi connectivity index (χ3v) is 4.76. The fourth-order valence-electron chi connectivity index (χ4n) is 3.14. The van der Waals surface area contributed by atoms with Crippen molar-refractivity contribution in [3.63, 3.8) is 0 Å². The first kappa shape index (κ1) is 20.0. The van der Waals surface area contributed by atoms with Gasteiger partial charge in [-0.2, -0.15) is 0 Å². The average Bonchev–Trinajstić information content (AvgIpc) is 2.81. The Morgan fingerprint density at radius 2 is 1.65 bits per heavy atom. The Balaban J connectivity index is 0.00000264. The minimum absolute atomic E-state index is 0. The monoisotopic (exact) mass is 338 g/mol. The molecule has 0 radical (unpaired) electrons. The van der Waals surface area contributed by atoms with Crippen LogP contribution < -0.4 is 10.6 Å². The van der Waals surface area contributed by atoms with Crippen LogP contribution in [0.5, 0.6) is 0 Å². The Morgan fingerprint density at radius 1 is 1.04 bits per heavy atom. The molecule has 4 heteroatoms. The van der Waals surface area contributed by atoms with E-state index in [1.807, 2.05) is 44.2 Å². The lowest BCUT2D eigenvalue weighted by molar-refractivity contribution is -0.125. The summed E-state index contributed by atoms with van der Waals surface area (Å²) < 4.78 is 0. The van der Waals surface area contributed by atoms with Crippen molar-refractivity contribution in [1.29, 1.82) is 0 Å². The van der Waals surface area contributed by atoms with E-state index in [4.69, 9.17) is 0 Å². The molecule has 0 aliphatic heterocycles. The number of nitrogens with one attached hydrogen (secondary N) is 2. The van der Waals surface area contributed by atoms with Crippen LogP contribution in [0.3, 0.4) is 0 Å². The van der Waals surface area contributed by atoms with Gasteiger partial charge < -0.3 is 10.6 Å². The lowest BCUT2D eigenvalue weighted by Crippen LogP contribution is -2.43. The van der Waals surface area contributed by atoms with Gasteiger partial charge in [-0.25, -0.2) is 0 Å². The molecule has 0 heterocycles. The minimum Gasteiger partial charge on any atom is -0.354 e. The molecule has 0 unspecified atom stereocenters. The number of benzene rings is 1. The maximum atomic E-state index is 12.4. The zero-order chi connectivity index (χ0) is 15.8. The number of hydrogen-bond acceptors (Lipinski definition) is 2. The van der Waals surface area contributed by atoms with Crippen LogP contribution in [0.4, 0.5) is 0 Å². The van der Waals surface area contributed by atoms with Crippen LogP contribution in [0.2, 0.25) is 0 Å². The molecule has 1 aliphatic rings. The van der Waals surface area contributed by atoms with Gasteiger partial charge in [-0.15, -0.1) is 12.4 Å². The zero-order valence-corrected chi connectivity index (χ0v) is 15.3. The Hall–Kier alpha value is -1.06. The van der Waals surface area contributed by atoms with Crippen molar-refractivity contribution in [2.24, 2.45) is 0 Å². The summed E-state index contributed by atoms with van der Waals surface area (Å²) in [5.74, 6) is 0.0985. The highest BCUT2D eigenvalue weighted by molar-refractivity contribution is 5.87. The Bertz CT molecular complexity index is 454. The van der Waals surface area contributed by atoms with E-state index in [0.717, 1.165) is 12.1 Å². The summed E-state index contributed by atoms with van der Waals surface area (Å²) in [6, 6.07) is 10.6. The third kappa shape index (κ3) is 6.15. The maximum Gasteiger partial charge on any atom is 0.230 e. The van der Waals surface area contributed by atoms with E-state index in [-0.39, 0.29) is 18.3 Å². The van der Waals surface area contributed by atoms with E-state index in [2.05, 4.69) is 10.6 Å². The first-order valence-corrected chi connectivity index (χ1v) is 8.68. The Kier molecular flexibility index (Phi) is 8.64. The van der Waals surface area contributed by atoms with Crippen LogP contribution in [0.15, 0.2) is 30.3 Å². The Morgan fingerprint density at radius 3 is 2.26 bits per heavy atom. The predicted molar refractivity (Wildman–Crippen MR) is 99.2 cm³/mol. The highest BCUT2D eigenvalue weighted by atomic mass is 35.5. The SMILES string of the molecule is CC(C)(C(=O)NCCNC1CCCCCC1)c1ccccc1.Cl. The number of halogens is 1. The second kappa shape index (κ2) is 9.94. The summed E-state index contributed by atoms with van der Waals surface area (Å²) in [5.41, 5.74) is 0.577.